The van der Waals surface area contributed by atoms with E-state index in [0.717, 1.165) is 10.9 Å². The van der Waals surface area contributed by atoms with Crippen molar-refractivity contribution in [2.24, 2.45) is 0 Å². The molecule has 30 heavy (non-hydrogen) atoms. The van der Waals surface area contributed by atoms with Gasteiger partial charge in [-0.15, -0.1) is 0 Å². The highest BCUT2D eigenvalue weighted by atomic mass is 16.2. The summed E-state index contributed by atoms with van der Waals surface area (Å²) in [7, 11) is 0. The number of nitriles is 1. The van der Waals surface area contributed by atoms with E-state index in [4.69, 9.17) is 5.26 Å². The van der Waals surface area contributed by atoms with E-state index in [2.05, 4.69) is 11.4 Å². The highest BCUT2D eigenvalue weighted by Crippen LogP contribution is 2.30. The maximum Gasteiger partial charge on any atom is 0.261 e. The highest BCUT2D eigenvalue weighted by Gasteiger charge is 2.32. The quantitative estimate of drug-likeness (QED) is 0.646. The molecule has 1 N–H and O–H groups in total. The van der Waals surface area contributed by atoms with E-state index in [1.54, 1.807) is 30.3 Å². The number of carbonyl (C=O) groups is 3. The van der Waals surface area contributed by atoms with Gasteiger partial charge in [-0.1, -0.05) is 36.4 Å². The van der Waals surface area contributed by atoms with Crippen LogP contribution in [0.2, 0.25) is 0 Å². The van der Waals surface area contributed by atoms with Crippen molar-refractivity contribution in [1.82, 2.24) is 10.2 Å². The number of imide groups is 1. The molecule has 1 aliphatic heterocycles. The summed E-state index contributed by atoms with van der Waals surface area (Å²) in [6, 6.07) is 20.0. The number of carbonyl (C=O) groups excluding carboxylic acids is 3. The number of hydrogen-bond acceptors (Lipinski definition) is 4. The Morgan fingerprint density at radius 1 is 0.967 bits per heavy atom. The summed E-state index contributed by atoms with van der Waals surface area (Å²) in [4.78, 5) is 39.1. The number of nitrogens with zero attached hydrogens (tertiary/aromatic N) is 2. The summed E-state index contributed by atoms with van der Waals surface area (Å²) in [6.45, 7) is 0.505. The summed E-state index contributed by atoms with van der Waals surface area (Å²) in [6.07, 6.45) is 0.570. The summed E-state index contributed by atoms with van der Waals surface area (Å²) in [5, 5.41) is 13.3. The molecule has 1 aliphatic rings. The lowest BCUT2D eigenvalue weighted by Crippen LogP contribution is -2.41. The van der Waals surface area contributed by atoms with E-state index in [0.29, 0.717) is 35.0 Å². The van der Waals surface area contributed by atoms with E-state index >= 15 is 0 Å². The van der Waals surface area contributed by atoms with Crippen LogP contribution in [0, 0.1) is 11.3 Å². The van der Waals surface area contributed by atoms with Crippen LogP contribution in [0.3, 0.4) is 0 Å². The molecule has 148 valence electrons. The SMILES string of the molecule is N#Cc1cccc(CNC(=O)CCCN2C(=O)c3cccc4cccc(c34)C2=O)c1. The third-order valence-corrected chi connectivity index (χ3v) is 5.19. The molecule has 1 heterocycles. The van der Waals surface area contributed by atoms with Gasteiger partial charge in [0, 0.05) is 36.0 Å². The van der Waals surface area contributed by atoms with Crippen molar-refractivity contribution in [1.29, 1.82) is 5.26 Å². The van der Waals surface area contributed by atoms with Gasteiger partial charge in [0.15, 0.2) is 0 Å². The molecule has 0 saturated carbocycles. The molecule has 4 rings (SSSR count). The van der Waals surface area contributed by atoms with Gasteiger partial charge in [0.1, 0.15) is 0 Å². The van der Waals surface area contributed by atoms with Crippen molar-refractivity contribution in [3.8, 4) is 6.07 Å². The second-order valence-electron chi connectivity index (χ2n) is 7.16. The first-order chi connectivity index (χ1) is 14.6. The first kappa shape index (κ1) is 19.3. The number of rotatable bonds is 6. The van der Waals surface area contributed by atoms with Crippen molar-refractivity contribution in [2.45, 2.75) is 19.4 Å². The number of benzene rings is 3. The monoisotopic (exact) mass is 397 g/mol. The largest absolute Gasteiger partial charge is 0.352 e. The van der Waals surface area contributed by atoms with Gasteiger partial charge in [0.05, 0.1) is 11.6 Å². The second-order valence-corrected chi connectivity index (χ2v) is 7.16. The molecule has 3 aromatic carbocycles. The summed E-state index contributed by atoms with van der Waals surface area (Å²) in [5.74, 6) is -0.812. The van der Waals surface area contributed by atoms with Crippen LogP contribution in [0.15, 0.2) is 60.7 Å². The zero-order chi connectivity index (χ0) is 21.1. The fourth-order valence-corrected chi connectivity index (χ4v) is 3.72. The molecule has 0 saturated heterocycles. The number of amides is 3. The van der Waals surface area contributed by atoms with Crippen LogP contribution in [0.1, 0.15) is 44.7 Å². The predicted octanol–water partition coefficient (Wildman–Crippen LogP) is 3.40. The Labute approximate surface area is 173 Å². The minimum atomic E-state index is -0.321. The van der Waals surface area contributed by atoms with Gasteiger partial charge in [-0.05, 0) is 41.6 Å². The predicted molar refractivity (Wildman–Crippen MR) is 112 cm³/mol. The smallest absolute Gasteiger partial charge is 0.261 e. The Bertz CT molecular complexity index is 1160. The Morgan fingerprint density at radius 2 is 1.63 bits per heavy atom. The fraction of sp³-hybridized carbons (Fsp3) is 0.167. The Kier molecular flexibility index (Phi) is 5.27. The van der Waals surface area contributed by atoms with Crippen LogP contribution in [0.5, 0.6) is 0 Å². The van der Waals surface area contributed by atoms with Crippen LogP contribution in [0.4, 0.5) is 0 Å². The average molecular weight is 397 g/mol. The molecular weight excluding hydrogens is 378 g/mol. The van der Waals surface area contributed by atoms with Crippen molar-refractivity contribution < 1.29 is 14.4 Å². The van der Waals surface area contributed by atoms with Crippen LogP contribution >= 0.6 is 0 Å². The van der Waals surface area contributed by atoms with Crippen molar-refractivity contribution in [3.05, 3.63) is 82.9 Å². The van der Waals surface area contributed by atoms with Crippen LogP contribution in [0.25, 0.3) is 10.8 Å². The number of nitrogens with one attached hydrogen (secondary N) is 1. The summed E-state index contributed by atoms with van der Waals surface area (Å²) < 4.78 is 0. The first-order valence-electron chi connectivity index (χ1n) is 9.72. The molecule has 0 radical (unpaired) electrons. The lowest BCUT2D eigenvalue weighted by molar-refractivity contribution is -0.121. The molecule has 3 amide bonds. The molecular formula is C24H19N3O3. The molecule has 6 heteroatoms. The van der Waals surface area contributed by atoms with Gasteiger partial charge in [-0.25, -0.2) is 0 Å². The maximum atomic E-state index is 12.8. The topological polar surface area (TPSA) is 90.3 Å². The van der Waals surface area contributed by atoms with Crippen LogP contribution in [-0.2, 0) is 11.3 Å². The van der Waals surface area contributed by atoms with Gasteiger partial charge in [0.25, 0.3) is 11.8 Å². The number of hydrogen-bond donors (Lipinski definition) is 1. The second kappa shape index (κ2) is 8.18. The van der Waals surface area contributed by atoms with Gasteiger partial charge >= 0.3 is 0 Å². The van der Waals surface area contributed by atoms with E-state index in [1.165, 1.54) is 4.90 Å². The molecule has 6 nitrogen and oxygen atoms in total. The Hall–Kier alpha value is -3.98. The molecule has 0 atom stereocenters. The molecule has 3 aromatic rings. The van der Waals surface area contributed by atoms with E-state index in [1.807, 2.05) is 30.3 Å². The highest BCUT2D eigenvalue weighted by molar-refractivity contribution is 6.25. The Balaban J connectivity index is 1.36. The summed E-state index contributed by atoms with van der Waals surface area (Å²) in [5.41, 5.74) is 2.42. The fourth-order valence-electron chi connectivity index (χ4n) is 3.72. The van der Waals surface area contributed by atoms with Gasteiger partial charge in [0.2, 0.25) is 5.91 Å². The molecule has 0 fully saturated rings. The minimum absolute atomic E-state index is 0.170. The average Bonchev–Trinajstić information content (AvgIpc) is 2.78. The van der Waals surface area contributed by atoms with E-state index in [9.17, 15) is 14.4 Å². The van der Waals surface area contributed by atoms with Gasteiger partial charge in [-0.2, -0.15) is 5.26 Å². The molecule has 0 bridgehead atoms. The zero-order valence-electron chi connectivity index (χ0n) is 16.2. The maximum absolute atomic E-state index is 12.8. The lowest BCUT2D eigenvalue weighted by Gasteiger charge is -2.27. The molecule has 0 spiro atoms. The van der Waals surface area contributed by atoms with Crippen LogP contribution in [-0.4, -0.2) is 29.2 Å². The summed E-state index contributed by atoms with van der Waals surface area (Å²) >= 11 is 0. The van der Waals surface area contributed by atoms with Crippen molar-refractivity contribution in [3.63, 3.8) is 0 Å². The molecule has 0 aromatic heterocycles. The molecule has 0 aliphatic carbocycles. The first-order valence-corrected chi connectivity index (χ1v) is 9.72. The van der Waals surface area contributed by atoms with Gasteiger partial charge in [-0.3, -0.25) is 19.3 Å². The third kappa shape index (κ3) is 3.65. The van der Waals surface area contributed by atoms with Crippen molar-refractivity contribution in [2.75, 3.05) is 6.54 Å². The van der Waals surface area contributed by atoms with E-state index < -0.39 is 0 Å². The van der Waals surface area contributed by atoms with Gasteiger partial charge < -0.3 is 5.32 Å². The van der Waals surface area contributed by atoms with Crippen molar-refractivity contribution >= 4 is 28.5 Å². The normalized spacial score (nSPS) is 12.7. The van der Waals surface area contributed by atoms with E-state index in [-0.39, 0.29) is 30.7 Å². The van der Waals surface area contributed by atoms with Crippen LogP contribution < -0.4 is 5.32 Å². The molecule has 0 unspecified atom stereocenters. The lowest BCUT2D eigenvalue weighted by atomic mass is 9.94. The zero-order valence-corrected chi connectivity index (χ0v) is 16.2. The third-order valence-electron chi connectivity index (χ3n) is 5.19. The Morgan fingerprint density at radius 3 is 2.30 bits per heavy atom. The standard InChI is InChI=1S/C24H19N3O3/c25-14-16-5-1-6-17(13-16)15-26-21(28)11-4-12-27-23(29)19-9-2-7-18-8-3-10-20(22(18)19)24(27)30/h1-3,5-10,13H,4,11-12,15H2,(H,26,28). The minimum Gasteiger partial charge on any atom is -0.352 e.